The van der Waals surface area contributed by atoms with Crippen molar-refractivity contribution in [3.63, 3.8) is 0 Å². The molecule has 16 heavy (non-hydrogen) atoms. The minimum Gasteiger partial charge on any atom is -0.335 e. The monoisotopic (exact) mass is 318 g/mol. The lowest BCUT2D eigenvalue weighted by molar-refractivity contribution is 0.720. The molecule has 2 nitrogen and oxygen atoms in total. The molecule has 1 aromatic rings. The number of amidine groups is 1. The van der Waals surface area contributed by atoms with E-state index in [4.69, 9.17) is 11.6 Å². The van der Waals surface area contributed by atoms with E-state index in [0.29, 0.717) is 6.04 Å². The fourth-order valence-corrected chi connectivity index (χ4v) is 2.99. The van der Waals surface area contributed by atoms with Gasteiger partial charge in [-0.2, -0.15) is 0 Å². The molecule has 0 spiro atoms. The van der Waals surface area contributed by atoms with Crippen LogP contribution in [0.3, 0.4) is 0 Å². The van der Waals surface area contributed by atoms with Gasteiger partial charge in [-0.1, -0.05) is 23.4 Å². The number of halogens is 2. The average Bonchev–Trinajstić information content (AvgIpc) is 2.24. The van der Waals surface area contributed by atoms with Gasteiger partial charge < -0.3 is 5.32 Å². The van der Waals surface area contributed by atoms with Crippen LogP contribution in [-0.4, -0.2) is 17.0 Å². The maximum Gasteiger partial charge on any atom is 0.161 e. The van der Waals surface area contributed by atoms with E-state index >= 15 is 0 Å². The van der Waals surface area contributed by atoms with Crippen LogP contribution in [0.4, 0.5) is 5.69 Å². The summed E-state index contributed by atoms with van der Waals surface area (Å²) in [5.41, 5.74) is 1.01. The lowest BCUT2D eigenvalue weighted by Crippen LogP contribution is -2.17. The number of hydrogen-bond donors (Lipinski definition) is 1. The summed E-state index contributed by atoms with van der Waals surface area (Å²) >= 11 is 11.1. The van der Waals surface area contributed by atoms with Gasteiger partial charge >= 0.3 is 0 Å². The Balaban J connectivity index is 2.11. The molecule has 1 N–H and O–H groups in total. The molecule has 1 heterocycles. The van der Waals surface area contributed by atoms with Crippen molar-refractivity contribution in [2.24, 2.45) is 4.99 Å². The van der Waals surface area contributed by atoms with Gasteiger partial charge in [-0.3, -0.25) is 4.99 Å². The Morgan fingerprint density at radius 2 is 2.38 bits per heavy atom. The molecule has 5 heteroatoms. The number of benzene rings is 1. The van der Waals surface area contributed by atoms with Crippen LogP contribution in [0.15, 0.2) is 27.7 Å². The van der Waals surface area contributed by atoms with Crippen molar-refractivity contribution in [1.82, 2.24) is 0 Å². The van der Waals surface area contributed by atoms with Crippen LogP contribution in [0.5, 0.6) is 0 Å². The lowest BCUT2D eigenvalue weighted by atomic mass is 10.3. The summed E-state index contributed by atoms with van der Waals surface area (Å²) < 4.78 is 0.897. The predicted molar refractivity (Wildman–Crippen MR) is 76.7 cm³/mol. The highest BCUT2D eigenvalue weighted by Crippen LogP contribution is 2.27. The summed E-state index contributed by atoms with van der Waals surface area (Å²) in [6.45, 7) is 2.14. The van der Waals surface area contributed by atoms with Crippen molar-refractivity contribution in [2.45, 2.75) is 19.4 Å². The average molecular weight is 320 g/mol. The number of nitrogens with one attached hydrogen (secondary N) is 1. The summed E-state index contributed by atoms with van der Waals surface area (Å²) in [7, 11) is 0. The van der Waals surface area contributed by atoms with Crippen molar-refractivity contribution >= 4 is 50.1 Å². The Morgan fingerprint density at radius 3 is 3.06 bits per heavy atom. The van der Waals surface area contributed by atoms with Crippen LogP contribution >= 0.6 is 39.3 Å². The van der Waals surface area contributed by atoms with Crippen LogP contribution in [0.2, 0.25) is 5.02 Å². The molecule has 1 aromatic carbocycles. The molecule has 0 saturated carbocycles. The van der Waals surface area contributed by atoms with E-state index in [2.05, 4.69) is 33.2 Å². The Labute approximate surface area is 113 Å². The standard InChI is InChI=1S/C11H12BrClN2S/c1-7-4-5-16-11(14-7)15-8-2-3-10(13)9(12)6-8/h2-3,6-7H,4-5H2,1H3,(H,14,15). The summed E-state index contributed by atoms with van der Waals surface area (Å²) in [6, 6.07) is 6.20. The van der Waals surface area contributed by atoms with Gasteiger partial charge in [0.15, 0.2) is 5.17 Å². The summed E-state index contributed by atoms with van der Waals surface area (Å²) in [5, 5.41) is 5.02. The predicted octanol–water partition coefficient (Wildman–Crippen LogP) is 4.40. The molecule has 0 radical (unpaired) electrons. The molecule has 86 valence electrons. The van der Waals surface area contributed by atoms with Crippen LogP contribution < -0.4 is 5.32 Å². The van der Waals surface area contributed by atoms with E-state index in [-0.39, 0.29) is 0 Å². The minimum atomic E-state index is 0.416. The highest BCUT2D eigenvalue weighted by molar-refractivity contribution is 9.10. The Hall–Kier alpha value is -0.190. The number of rotatable bonds is 1. The van der Waals surface area contributed by atoms with Crippen molar-refractivity contribution < 1.29 is 0 Å². The van der Waals surface area contributed by atoms with E-state index < -0.39 is 0 Å². The van der Waals surface area contributed by atoms with E-state index in [1.165, 1.54) is 0 Å². The van der Waals surface area contributed by atoms with E-state index in [1.807, 2.05) is 18.2 Å². The highest BCUT2D eigenvalue weighted by atomic mass is 79.9. The van der Waals surface area contributed by atoms with Gasteiger partial charge in [-0.25, -0.2) is 0 Å². The van der Waals surface area contributed by atoms with Crippen LogP contribution in [0.1, 0.15) is 13.3 Å². The summed E-state index contributed by atoms with van der Waals surface area (Å²) in [4.78, 5) is 4.55. The van der Waals surface area contributed by atoms with Crippen molar-refractivity contribution in [1.29, 1.82) is 0 Å². The molecule has 1 unspecified atom stereocenters. The van der Waals surface area contributed by atoms with Gasteiger partial charge in [0.2, 0.25) is 0 Å². The topological polar surface area (TPSA) is 24.4 Å². The van der Waals surface area contributed by atoms with Gasteiger partial charge in [0.05, 0.1) is 11.1 Å². The second-order valence-electron chi connectivity index (χ2n) is 3.67. The molecule has 1 aliphatic rings. The van der Waals surface area contributed by atoms with E-state index in [9.17, 15) is 0 Å². The largest absolute Gasteiger partial charge is 0.335 e. The zero-order valence-electron chi connectivity index (χ0n) is 8.84. The first kappa shape index (κ1) is 12.3. The van der Waals surface area contributed by atoms with Crippen molar-refractivity contribution in [2.75, 3.05) is 11.1 Å². The smallest absolute Gasteiger partial charge is 0.161 e. The quantitative estimate of drug-likeness (QED) is 0.830. The highest BCUT2D eigenvalue weighted by Gasteiger charge is 2.11. The first-order valence-corrected chi connectivity index (χ1v) is 7.23. The molecule has 1 aliphatic heterocycles. The lowest BCUT2D eigenvalue weighted by Gasteiger charge is -2.17. The normalized spacial score (nSPS) is 20.4. The molecule has 0 aromatic heterocycles. The third kappa shape index (κ3) is 3.15. The zero-order chi connectivity index (χ0) is 11.5. The maximum absolute atomic E-state index is 5.94. The SMILES string of the molecule is CC1CCSC(Nc2ccc(Cl)c(Br)c2)=N1. The third-order valence-corrected chi connectivity index (χ3v) is 4.42. The van der Waals surface area contributed by atoms with E-state index in [0.717, 1.165) is 32.5 Å². The molecule has 1 atom stereocenters. The Kier molecular flexibility index (Phi) is 4.16. The fourth-order valence-electron chi connectivity index (χ4n) is 1.39. The van der Waals surface area contributed by atoms with Gasteiger partial charge in [-0.05, 0) is 47.5 Å². The zero-order valence-corrected chi connectivity index (χ0v) is 12.0. The molecule has 0 saturated heterocycles. The number of thioether (sulfide) groups is 1. The molecule has 2 rings (SSSR count). The van der Waals surface area contributed by atoms with Crippen molar-refractivity contribution in [3.05, 3.63) is 27.7 Å². The van der Waals surface area contributed by atoms with Gasteiger partial charge in [0.1, 0.15) is 0 Å². The molecule has 0 fully saturated rings. The molecule has 0 bridgehead atoms. The van der Waals surface area contributed by atoms with Crippen LogP contribution in [0, 0.1) is 0 Å². The Morgan fingerprint density at radius 1 is 1.56 bits per heavy atom. The Bertz CT molecular complexity index is 422. The first-order chi connectivity index (χ1) is 7.65. The second kappa shape index (κ2) is 5.43. The third-order valence-electron chi connectivity index (χ3n) is 2.28. The summed E-state index contributed by atoms with van der Waals surface area (Å²) in [5.74, 6) is 1.13. The van der Waals surface area contributed by atoms with Gasteiger partial charge in [0, 0.05) is 15.9 Å². The van der Waals surface area contributed by atoms with E-state index in [1.54, 1.807) is 11.8 Å². The minimum absolute atomic E-state index is 0.416. The van der Waals surface area contributed by atoms with Gasteiger partial charge in [0.25, 0.3) is 0 Å². The number of hydrogen-bond acceptors (Lipinski definition) is 3. The molecular weight excluding hydrogens is 308 g/mol. The number of aliphatic imine (C=N–C) groups is 1. The fraction of sp³-hybridized carbons (Fsp3) is 0.364. The molecular formula is C11H12BrClN2S. The van der Waals surface area contributed by atoms with Crippen molar-refractivity contribution in [3.8, 4) is 0 Å². The molecule has 0 aliphatic carbocycles. The maximum atomic E-state index is 5.94. The number of anilines is 1. The van der Waals surface area contributed by atoms with Crippen LogP contribution in [-0.2, 0) is 0 Å². The van der Waals surface area contributed by atoms with Crippen LogP contribution in [0.25, 0.3) is 0 Å². The molecule has 0 amide bonds. The van der Waals surface area contributed by atoms with Gasteiger partial charge in [-0.15, -0.1) is 0 Å². The second-order valence-corrected chi connectivity index (χ2v) is 6.02. The first-order valence-electron chi connectivity index (χ1n) is 5.08. The summed E-state index contributed by atoms with van der Waals surface area (Å²) in [6.07, 6.45) is 1.15. The number of nitrogens with zero attached hydrogens (tertiary/aromatic N) is 1.